The number of esters is 1. The first-order chi connectivity index (χ1) is 8.63. The fourth-order valence-corrected chi connectivity index (χ4v) is 2.28. The van der Waals surface area contributed by atoms with Gasteiger partial charge in [-0.25, -0.2) is 4.79 Å². The summed E-state index contributed by atoms with van der Waals surface area (Å²) in [5.74, 6) is -0.429. The molecular formula is C12H15N3O2S. The molecule has 6 heteroatoms. The third-order valence-electron chi connectivity index (χ3n) is 2.62. The molecule has 0 radical (unpaired) electrons. The van der Waals surface area contributed by atoms with Gasteiger partial charge in [-0.3, -0.25) is 4.68 Å². The largest absolute Gasteiger partial charge is 0.456 e. The molecule has 96 valence electrons. The average molecular weight is 265 g/mol. The molecule has 2 aromatic rings. The van der Waals surface area contributed by atoms with Crippen molar-refractivity contribution in [2.75, 3.05) is 5.73 Å². The first kappa shape index (κ1) is 12.6. The average Bonchev–Trinajstić information content (AvgIpc) is 2.96. The van der Waals surface area contributed by atoms with E-state index < -0.39 is 5.97 Å². The van der Waals surface area contributed by atoms with Gasteiger partial charge in [-0.2, -0.15) is 16.4 Å². The summed E-state index contributed by atoms with van der Waals surface area (Å²) in [4.78, 5) is 12.0. The van der Waals surface area contributed by atoms with Gasteiger partial charge in [0.25, 0.3) is 0 Å². The Morgan fingerprint density at radius 2 is 2.39 bits per heavy atom. The molecular weight excluding hydrogens is 250 g/mol. The molecule has 2 heterocycles. The zero-order valence-corrected chi connectivity index (χ0v) is 11.2. The number of nitrogens with two attached hydrogens (primary N) is 1. The molecule has 0 saturated heterocycles. The fraction of sp³-hybridized carbons (Fsp3) is 0.333. The Balaban J connectivity index is 2.13. The topological polar surface area (TPSA) is 70.1 Å². The van der Waals surface area contributed by atoms with Crippen molar-refractivity contribution in [2.45, 2.75) is 27.0 Å². The van der Waals surface area contributed by atoms with E-state index in [1.54, 1.807) is 22.9 Å². The minimum absolute atomic E-state index is 0.260. The Morgan fingerprint density at radius 3 is 3.00 bits per heavy atom. The number of hydrogen-bond donors (Lipinski definition) is 1. The maximum Gasteiger partial charge on any atom is 0.359 e. The van der Waals surface area contributed by atoms with E-state index in [0.717, 1.165) is 5.56 Å². The van der Waals surface area contributed by atoms with Crippen molar-refractivity contribution >= 4 is 23.0 Å². The van der Waals surface area contributed by atoms with Crippen LogP contribution < -0.4 is 5.73 Å². The number of hydrogen-bond acceptors (Lipinski definition) is 5. The summed E-state index contributed by atoms with van der Waals surface area (Å²) in [5.41, 5.74) is 8.21. The van der Waals surface area contributed by atoms with Crippen LogP contribution in [0, 0.1) is 6.92 Å². The number of aryl methyl sites for hydroxylation is 2. The Morgan fingerprint density at radius 1 is 1.61 bits per heavy atom. The predicted octanol–water partition coefficient (Wildman–Crippen LogP) is 2.21. The molecule has 0 aromatic carbocycles. The second-order valence-electron chi connectivity index (χ2n) is 3.87. The summed E-state index contributed by atoms with van der Waals surface area (Å²) < 4.78 is 6.81. The summed E-state index contributed by atoms with van der Waals surface area (Å²) in [6.07, 6.45) is 0. The van der Waals surface area contributed by atoms with Gasteiger partial charge in [0.2, 0.25) is 0 Å². The van der Waals surface area contributed by atoms with E-state index in [4.69, 9.17) is 10.5 Å². The maximum absolute atomic E-state index is 12.0. The highest BCUT2D eigenvalue weighted by Crippen LogP contribution is 2.18. The molecule has 2 aromatic heterocycles. The van der Waals surface area contributed by atoms with E-state index >= 15 is 0 Å². The van der Waals surface area contributed by atoms with Gasteiger partial charge < -0.3 is 10.5 Å². The van der Waals surface area contributed by atoms with Crippen LogP contribution >= 0.6 is 11.3 Å². The van der Waals surface area contributed by atoms with E-state index in [1.807, 2.05) is 23.8 Å². The van der Waals surface area contributed by atoms with Crippen LogP contribution in [0.1, 0.15) is 28.7 Å². The third kappa shape index (κ3) is 2.38. The van der Waals surface area contributed by atoms with Crippen LogP contribution in [0.15, 0.2) is 16.8 Å². The van der Waals surface area contributed by atoms with Crippen LogP contribution in [0.2, 0.25) is 0 Å². The molecule has 0 aliphatic rings. The molecule has 18 heavy (non-hydrogen) atoms. The first-order valence-corrected chi connectivity index (χ1v) is 6.58. The van der Waals surface area contributed by atoms with E-state index in [-0.39, 0.29) is 6.61 Å². The van der Waals surface area contributed by atoms with Gasteiger partial charge in [0.1, 0.15) is 6.61 Å². The number of carbonyl (C=O) groups is 1. The zero-order chi connectivity index (χ0) is 13.1. The Labute approximate surface area is 109 Å². The van der Waals surface area contributed by atoms with E-state index in [2.05, 4.69) is 5.10 Å². The zero-order valence-electron chi connectivity index (χ0n) is 10.3. The lowest BCUT2D eigenvalue weighted by Gasteiger charge is -2.06. The molecule has 0 amide bonds. The number of carbonyl (C=O) groups excluding carboxylic acids is 1. The molecule has 0 bridgehead atoms. The van der Waals surface area contributed by atoms with Crippen LogP contribution in [-0.4, -0.2) is 15.7 Å². The minimum Gasteiger partial charge on any atom is -0.456 e. The maximum atomic E-state index is 12.0. The fourth-order valence-electron chi connectivity index (χ4n) is 1.63. The SMILES string of the molecule is CCn1nc(C)c(N)c1C(=O)OCc1ccsc1. The monoisotopic (exact) mass is 265 g/mol. The second-order valence-corrected chi connectivity index (χ2v) is 4.65. The first-order valence-electron chi connectivity index (χ1n) is 5.64. The molecule has 0 atom stereocenters. The predicted molar refractivity (Wildman–Crippen MR) is 70.5 cm³/mol. The minimum atomic E-state index is -0.429. The van der Waals surface area contributed by atoms with Gasteiger partial charge >= 0.3 is 5.97 Å². The Hall–Kier alpha value is -1.82. The number of nitrogen functional groups attached to an aromatic ring is 1. The highest BCUT2D eigenvalue weighted by molar-refractivity contribution is 7.07. The van der Waals surface area contributed by atoms with Crippen molar-refractivity contribution in [3.05, 3.63) is 33.8 Å². The summed E-state index contributed by atoms with van der Waals surface area (Å²) in [7, 11) is 0. The molecule has 2 N–H and O–H groups in total. The van der Waals surface area contributed by atoms with Crippen LogP contribution in [0.3, 0.4) is 0 Å². The van der Waals surface area contributed by atoms with E-state index in [9.17, 15) is 4.79 Å². The number of thiophene rings is 1. The summed E-state index contributed by atoms with van der Waals surface area (Å²) in [5, 5.41) is 8.07. The van der Waals surface area contributed by atoms with Crippen LogP contribution in [0.4, 0.5) is 5.69 Å². The lowest BCUT2D eigenvalue weighted by Crippen LogP contribution is -2.14. The summed E-state index contributed by atoms with van der Waals surface area (Å²) in [6, 6.07) is 1.92. The van der Waals surface area contributed by atoms with Gasteiger partial charge in [-0.15, -0.1) is 0 Å². The van der Waals surface area contributed by atoms with Gasteiger partial charge in [-0.05, 0) is 30.7 Å². The molecule has 0 aliphatic heterocycles. The molecule has 0 spiro atoms. The highest BCUT2D eigenvalue weighted by atomic mass is 32.1. The lowest BCUT2D eigenvalue weighted by atomic mass is 10.3. The van der Waals surface area contributed by atoms with Crippen LogP contribution in [0.25, 0.3) is 0 Å². The Kier molecular flexibility index (Phi) is 3.66. The quantitative estimate of drug-likeness (QED) is 0.860. The number of rotatable bonds is 4. The highest BCUT2D eigenvalue weighted by Gasteiger charge is 2.20. The normalized spacial score (nSPS) is 10.6. The summed E-state index contributed by atoms with van der Waals surface area (Å²) >= 11 is 1.57. The second kappa shape index (κ2) is 5.22. The van der Waals surface area contributed by atoms with E-state index in [0.29, 0.717) is 23.6 Å². The number of nitrogens with zero attached hydrogens (tertiary/aromatic N) is 2. The van der Waals surface area contributed by atoms with Gasteiger partial charge in [-0.1, -0.05) is 0 Å². The Bertz CT molecular complexity index is 546. The van der Waals surface area contributed by atoms with Crippen molar-refractivity contribution < 1.29 is 9.53 Å². The van der Waals surface area contributed by atoms with Crippen LogP contribution in [0.5, 0.6) is 0 Å². The molecule has 5 nitrogen and oxygen atoms in total. The molecule has 2 rings (SSSR count). The van der Waals surface area contributed by atoms with Gasteiger partial charge in [0.15, 0.2) is 5.69 Å². The van der Waals surface area contributed by atoms with Crippen molar-refractivity contribution in [3.8, 4) is 0 Å². The van der Waals surface area contributed by atoms with Gasteiger partial charge in [0.05, 0.1) is 11.4 Å². The van der Waals surface area contributed by atoms with Crippen molar-refractivity contribution in [1.82, 2.24) is 9.78 Å². The molecule has 0 fully saturated rings. The smallest absolute Gasteiger partial charge is 0.359 e. The van der Waals surface area contributed by atoms with Crippen molar-refractivity contribution in [2.24, 2.45) is 0 Å². The summed E-state index contributed by atoms with van der Waals surface area (Å²) in [6.45, 7) is 4.52. The standard InChI is InChI=1S/C12H15N3O2S/c1-3-15-11(10(13)8(2)14-15)12(16)17-6-9-4-5-18-7-9/h4-5,7H,3,6,13H2,1-2H3. The number of aromatic nitrogens is 2. The van der Waals surface area contributed by atoms with Crippen LogP contribution in [-0.2, 0) is 17.9 Å². The molecule has 0 aliphatic carbocycles. The third-order valence-corrected chi connectivity index (χ3v) is 3.35. The molecule has 0 saturated carbocycles. The number of anilines is 1. The van der Waals surface area contributed by atoms with Gasteiger partial charge in [0, 0.05) is 12.1 Å². The molecule has 0 unspecified atom stereocenters. The number of ether oxygens (including phenoxy) is 1. The van der Waals surface area contributed by atoms with Crippen molar-refractivity contribution in [1.29, 1.82) is 0 Å². The van der Waals surface area contributed by atoms with E-state index in [1.165, 1.54) is 0 Å². The van der Waals surface area contributed by atoms with Crippen molar-refractivity contribution in [3.63, 3.8) is 0 Å². The lowest BCUT2D eigenvalue weighted by molar-refractivity contribution is 0.0460.